The second-order valence-corrected chi connectivity index (χ2v) is 5.42. The molecule has 0 spiro atoms. The largest absolute Gasteiger partial charge is 0.497 e. The minimum Gasteiger partial charge on any atom is -0.497 e. The Kier molecular flexibility index (Phi) is 10.5. The summed E-state index contributed by atoms with van der Waals surface area (Å²) in [7, 11) is 1.63. The number of rotatable bonds is 8. The second-order valence-electron chi connectivity index (χ2n) is 5.42. The summed E-state index contributed by atoms with van der Waals surface area (Å²) >= 11 is 0. The van der Waals surface area contributed by atoms with Crippen molar-refractivity contribution < 1.29 is 18.3 Å². The normalized spacial score (nSPS) is 10.9. The Morgan fingerprint density at radius 1 is 1.04 bits per heavy atom. The summed E-state index contributed by atoms with van der Waals surface area (Å²) in [5.41, 5.74) is 1.87. The average molecular weight is 491 g/mol. The lowest BCUT2D eigenvalue weighted by Crippen LogP contribution is -2.36. The van der Waals surface area contributed by atoms with Crippen LogP contribution < -0.4 is 20.1 Å². The molecule has 0 aromatic heterocycles. The molecule has 2 rings (SSSR count). The molecular formula is C19H24F2IN3O2. The summed E-state index contributed by atoms with van der Waals surface area (Å²) in [4.78, 5) is 4.48. The first-order valence-corrected chi connectivity index (χ1v) is 8.29. The Hall–Kier alpha value is -2.10. The van der Waals surface area contributed by atoms with Crippen molar-refractivity contribution in [3.8, 4) is 11.5 Å². The molecule has 0 heterocycles. The smallest absolute Gasteiger partial charge is 0.387 e. The predicted molar refractivity (Wildman–Crippen MR) is 113 cm³/mol. The van der Waals surface area contributed by atoms with Crippen LogP contribution in [-0.2, 0) is 13.1 Å². The first-order chi connectivity index (χ1) is 12.6. The molecular weight excluding hydrogens is 467 g/mol. The summed E-state index contributed by atoms with van der Waals surface area (Å²) in [5, 5.41) is 6.39. The second kappa shape index (κ2) is 12.3. The van der Waals surface area contributed by atoms with Crippen LogP contribution in [0.2, 0.25) is 0 Å². The SMILES string of the molecule is CCNC(=NCc1cccc(OC(F)F)c1)NCc1ccc(OC)cc1.I. The summed E-state index contributed by atoms with van der Waals surface area (Å²) < 4.78 is 34.1. The lowest BCUT2D eigenvalue weighted by molar-refractivity contribution is -0.0498. The zero-order chi connectivity index (χ0) is 18.8. The highest BCUT2D eigenvalue weighted by molar-refractivity contribution is 14.0. The van der Waals surface area contributed by atoms with Crippen LogP contribution in [0.5, 0.6) is 11.5 Å². The van der Waals surface area contributed by atoms with Crippen LogP contribution >= 0.6 is 24.0 Å². The van der Waals surface area contributed by atoms with Crippen molar-refractivity contribution in [2.75, 3.05) is 13.7 Å². The summed E-state index contributed by atoms with van der Waals surface area (Å²) in [6.07, 6.45) is 0. The van der Waals surface area contributed by atoms with E-state index in [2.05, 4.69) is 20.4 Å². The first kappa shape index (κ1) is 22.9. The van der Waals surface area contributed by atoms with Gasteiger partial charge in [0.15, 0.2) is 5.96 Å². The standard InChI is InChI=1S/C19H23F2N3O2.HI/c1-3-22-19(23-12-14-7-9-16(25-2)10-8-14)24-13-15-5-4-6-17(11-15)26-18(20)21;/h4-11,18H,3,12-13H2,1-2H3,(H2,22,23,24);1H. The Balaban J connectivity index is 0.00000364. The van der Waals surface area contributed by atoms with E-state index < -0.39 is 6.61 Å². The van der Waals surface area contributed by atoms with Crippen LogP contribution in [0.15, 0.2) is 53.5 Å². The summed E-state index contributed by atoms with van der Waals surface area (Å²) in [5.74, 6) is 1.58. The number of guanidine groups is 1. The monoisotopic (exact) mass is 491 g/mol. The zero-order valence-corrected chi connectivity index (χ0v) is 17.6. The van der Waals surface area contributed by atoms with Gasteiger partial charge >= 0.3 is 6.61 Å². The first-order valence-electron chi connectivity index (χ1n) is 8.29. The van der Waals surface area contributed by atoms with Crippen molar-refractivity contribution in [1.82, 2.24) is 10.6 Å². The van der Waals surface area contributed by atoms with E-state index in [-0.39, 0.29) is 29.7 Å². The van der Waals surface area contributed by atoms with Gasteiger partial charge in [-0.15, -0.1) is 24.0 Å². The third-order valence-electron chi connectivity index (χ3n) is 3.51. The van der Waals surface area contributed by atoms with Gasteiger partial charge in [-0.25, -0.2) is 4.99 Å². The van der Waals surface area contributed by atoms with E-state index in [1.54, 1.807) is 19.2 Å². The van der Waals surface area contributed by atoms with Crippen molar-refractivity contribution >= 4 is 29.9 Å². The molecule has 148 valence electrons. The van der Waals surface area contributed by atoms with E-state index in [0.29, 0.717) is 25.6 Å². The maximum absolute atomic E-state index is 12.3. The number of nitrogens with zero attached hydrogens (tertiary/aromatic N) is 1. The number of methoxy groups -OCH3 is 1. The number of nitrogens with one attached hydrogen (secondary N) is 2. The van der Waals surface area contributed by atoms with Gasteiger partial charge in [-0.2, -0.15) is 8.78 Å². The van der Waals surface area contributed by atoms with Gasteiger partial charge in [-0.05, 0) is 42.3 Å². The molecule has 0 aliphatic rings. The number of hydrogen-bond acceptors (Lipinski definition) is 3. The van der Waals surface area contributed by atoms with E-state index in [4.69, 9.17) is 4.74 Å². The topological polar surface area (TPSA) is 54.9 Å². The maximum atomic E-state index is 12.3. The van der Waals surface area contributed by atoms with Crippen molar-refractivity contribution in [2.24, 2.45) is 4.99 Å². The predicted octanol–water partition coefficient (Wildman–Crippen LogP) is 4.17. The molecule has 0 fully saturated rings. The van der Waals surface area contributed by atoms with Gasteiger partial charge in [-0.1, -0.05) is 24.3 Å². The number of halogens is 3. The summed E-state index contributed by atoms with van der Waals surface area (Å²) in [6, 6.07) is 14.3. The van der Waals surface area contributed by atoms with Gasteiger partial charge in [0.2, 0.25) is 0 Å². The zero-order valence-electron chi connectivity index (χ0n) is 15.2. The van der Waals surface area contributed by atoms with Gasteiger partial charge in [-0.3, -0.25) is 0 Å². The highest BCUT2D eigenvalue weighted by Crippen LogP contribution is 2.16. The number of aliphatic imine (C=N–C) groups is 1. The number of hydrogen-bond donors (Lipinski definition) is 2. The third kappa shape index (κ3) is 8.42. The van der Waals surface area contributed by atoms with Crippen molar-refractivity contribution in [1.29, 1.82) is 0 Å². The molecule has 0 amide bonds. The lowest BCUT2D eigenvalue weighted by Gasteiger charge is -2.12. The fraction of sp³-hybridized carbons (Fsp3) is 0.316. The van der Waals surface area contributed by atoms with Gasteiger partial charge in [0.25, 0.3) is 0 Å². The van der Waals surface area contributed by atoms with E-state index >= 15 is 0 Å². The van der Waals surface area contributed by atoms with Crippen LogP contribution in [0.4, 0.5) is 8.78 Å². The molecule has 0 atom stereocenters. The molecule has 0 saturated carbocycles. The molecule has 0 aliphatic carbocycles. The quantitative estimate of drug-likeness (QED) is 0.331. The van der Waals surface area contributed by atoms with E-state index in [1.165, 1.54) is 6.07 Å². The number of ether oxygens (including phenoxy) is 2. The van der Waals surface area contributed by atoms with Crippen LogP contribution in [0, 0.1) is 0 Å². The molecule has 8 heteroatoms. The van der Waals surface area contributed by atoms with Crippen molar-refractivity contribution in [3.05, 3.63) is 59.7 Å². The molecule has 5 nitrogen and oxygen atoms in total. The molecule has 27 heavy (non-hydrogen) atoms. The highest BCUT2D eigenvalue weighted by Gasteiger charge is 2.05. The molecule has 0 saturated heterocycles. The Morgan fingerprint density at radius 2 is 1.78 bits per heavy atom. The van der Waals surface area contributed by atoms with E-state index in [0.717, 1.165) is 16.9 Å². The van der Waals surface area contributed by atoms with Gasteiger partial charge in [0, 0.05) is 13.1 Å². The van der Waals surface area contributed by atoms with Crippen LogP contribution in [-0.4, -0.2) is 26.2 Å². The van der Waals surface area contributed by atoms with E-state index in [1.807, 2.05) is 37.3 Å². The maximum Gasteiger partial charge on any atom is 0.387 e. The molecule has 0 radical (unpaired) electrons. The number of benzene rings is 2. The fourth-order valence-corrected chi connectivity index (χ4v) is 2.26. The van der Waals surface area contributed by atoms with Gasteiger partial charge in [0.1, 0.15) is 11.5 Å². The van der Waals surface area contributed by atoms with Gasteiger partial charge in [0.05, 0.1) is 13.7 Å². The van der Waals surface area contributed by atoms with Crippen LogP contribution in [0.25, 0.3) is 0 Å². The van der Waals surface area contributed by atoms with Crippen LogP contribution in [0.3, 0.4) is 0 Å². The molecule has 0 bridgehead atoms. The minimum absolute atomic E-state index is 0. The lowest BCUT2D eigenvalue weighted by atomic mass is 10.2. The molecule has 2 aromatic carbocycles. The Labute approximate surface area is 175 Å². The fourth-order valence-electron chi connectivity index (χ4n) is 2.26. The average Bonchev–Trinajstić information content (AvgIpc) is 2.64. The Morgan fingerprint density at radius 3 is 2.41 bits per heavy atom. The third-order valence-corrected chi connectivity index (χ3v) is 3.51. The summed E-state index contributed by atoms with van der Waals surface area (Å²) in [6.45, 7) is 0.796. The van der Waals surface area contributed by atoms with E-state index in [9.17, 15) is 8.78 Å². The van der Waals surface area contributed by atoms with Crippen molar-refractivity contribution in [2.45, 2.75) is 26.6 Å². The highest BCUT2D eigenvalue weighted by atomic mass is 127. The van der Waals surface area contributed by atoms with Crippen LogP contribution in [0.1, 0.15) is 18.1 Å². The molecule has 2 N–H and O–H groups in total. The minimum atomic E-state index is -2.84. The van der Waals surface area contributed by atoms with Gasteiger partial charge < -0.3 is 20.1 Å². The van der Waals surface area contributed by atoms with Crippen molar-refractivity contribution in [3.63, 3.8) is 0 Å². The Bertz CT molecular complexity index is 712. The molecule has 0 unspecified atom stereocenters. The number of alkyl halides is 2. The molecule has 2 aromatic rings. The molecule has 0 aliphatic heterocycles.